The molecule has 0 aliphatic carbocycles. The van der Waals surface area contributed by atoms with E-state index >= 15 is 0 Å². The van der Waals surface area contributed by atoms with Crippen LogP contribution in [0.25, 0.3) is 11.3 Å². The molecule has 122 valence electrons. The van der Waals surface area contributed by atoms with E-state index in [9.17, 15) is 4.79 Å². The van der Waals surface area contributed by atoms with Crippen LogP contribution in [0.5, 0.6) is 5.75 Å². The van der Waals surface area contributed by atoms with Gasteiger partial charge in [0.05, 0.1) is 19.2 Å². The number of H-pyrrole nitrogens is 1. The molecule has 0 saturated heterocycles. The zero-order valence-corrected chi connectivity index (χ0v) is 13.7. The van der Waals surface area contributed by atoms with Gasteiger partial charge >= 0.3 is 0 Å². The fourth-order valence-corrected chi connectivity index (χ4v) is 2.46. The van der Waals surface area contributed by atoms with Gasteiger partial charge in [-0.15, -0.1) is 0 Å². The van der Waals surface area contributed by atoms with Crippen LogP contribution in [-0.2, 0) is 11.2 Å². The molecule has 2 aromatic carbocycles. The molecule has 0 fully saturated rings. The minimum absolute atomic E-state index is 0.0597. The first kappa shape index (κ1) is 15.8. The van der Waals surface area contributed by atoms with Crippen LogP contribution in [0.4, 0.5) is 5.69 Å². The molecule has 0 unspecified atom stereocenters. The quantitative estimate of drug-likeness (QED) is 0.755. The lowest BCUT2D eigenvalue weighted by Gasteiger charge is -2.07. The van der Waals surface area contributed by atoms with E-state index in [1.165, 1.54) is 0 Å². The van der Waals surface area contributed by atoms with Crippen molar-refractivity contribution in [1.29, 1.82) is 0 Å². The third-order valence-electron chi connectivity index (χ3n) is 3.67. The summed E-state index contributed by atoms with van der Waals surface area (Å²) in [5.41, 5.74) is 4.51. The first-order valence-corrected chi connectivity index (χ1v) is 7.69. The van der Waals surface area contributed by atoms with E-state index in [-0.39, 0.29) is 5.91 Å². The highest BCUT2D eigenvalue weighted by Gasteiger charge is 2.07. The van der Waals surface area contributed by atoms with Crippen molar-refractivity contribution in [3.8, 4) is 17.0 Å². The summed E-state index contributed by atoms with van der Waals surface area (Å²) in [5, 5.41) is 10.1. The van der Waals surface area contributed by atoms with Crippen molar-refractivity contribution >= 4 is 11.6 Å². The number of amides is 1. The van der Waals surface area contributed by atoms with Crippen LogP contribution in [0.2, 0.25) is 0 Å². The van der Waals surface area contributed by atoms with Crippen LogP contribution >= 0.6 is 0 Å². The fraction of sp³-hybridized carbons (Fsp3) is 0.158. The Labute approximate surface area is 140 Å². The number of anilines is 1. The predicted octanol–water partition coefficient (Wildman–Crippen LogP) is 3.57. The van der Waals surface area contributed by atoms with Crippen molar-refractivity contribution in [2.24, 2.45) is 0 Å². The Kier molecular flexibility index (Phi) is 4.61. The summed E-state index contributed by atoms with van der Waals surface area (Å²) in [7, 11) is 1.62. The maximum Gasteiger partial charge on any atom is 0.228 e. The van der Waals surface area contributed by atoms with E-state index in [1.807, 2.05) is 61.5 Å². The Balaban J connectivity index is 1.67. The summed E-state index contributed by atoms with van der Waals surface area (Å²) in [5.74, 6) is 0.719. The number of benzene rings is 2. The van der Waals surface area contributed by atoms with Crippen LogP contribution in [0.3, 0.4) is 0 Å². The molecule has 24 heavy (non-hydrogen) atoms. The Morgan fingerprint density at radius 2 is 1.96 bits per heavy atom. The van der Waals surface area contributed by atoms with E-state index in [2.05, 4.69) is 15.5 Å². The van der Waals surface area contributed by atoms with Gasteiger partial charge in [0.25, 0.3) is 0 Å². The van der Waals surface area contributed by atoms with Gasteiger partial charge in [-0.3, -0.25) is 9.89 Å². The smallest absolute Gasteiger partial charge is 0.228 e. The molecule has 0 aliphatic heterocycles. The van der Waals surface area contributed by atoms with Crippen molar-refractivity contribution < 1.29 is 9.53 Å². The number of hydrogen-bond acceptors (Lipinski definition) is 3. The normalized spacial score (nSPS) is 10.4. The number of rotatable bonds is 5. The summed E-state index contributed by atoms with van der Waals surface area (Å²) in [6.07, 6.45) is 0.315. The topological polar surface area (TPSA) is 67.0 Å². The van der Waals surface area contributed by atoms with Crippen LogP contribution < -0.4 is 10.1 Å². The van der Waals surface area contributed by atoms with E-state index < -0.39 is 0 Å². The lowest BCUT2D eigenvalue weighted by molar-refractivity contribution is -0.115. The highest BCUT2D eigenvalue weighted by atomic mass is 16.5. The first-order chi connectivity index (χ1) is 11.6. The van der Waals surface area contributed by atoms with E-state index in [0.29, 0.717) is 6.42 Å². The van der Waals surface area contributed by atoms with Gasteiger partial charge in [0.15, 0.2) is 0 Å². The number of carbonyl (C=O) groups excluding carboxylic acids is 1. The molecular weight excluding hydrogens is 302 g/mol. The van der Waals surface area contributed by atoms with Crippen LogP contribution in [-0.4, -0.2) is 23.2 Å². The Morgan fingerprint density at radius 3 is 2.62 bits per heavy atom. The number of carbonyl (C=O) groups is 1. The Hall–Kier alpha value is -3.08. The first-order valence-electron chi connectivity index (χ1n) is 7.69. The number of methoxy groups -OCH3 is 1. The Bertz CT molecular complexity index is 838. The summed E-state index contributed by atoms with van der Waals surface area (Å²) in [6, 6.07) is 17.1. The van der Waals surface area contributed by atoms with Gasteiger partial charge in [0, 0.05) is 16.9 Å². The van der Waals surface area contributed by atoms with Crippen molar-refractivity contribution in [3.05, 3.63) is 65.9 Å². The summed E-state index contributed by atoms with van der Waals surface area (Å²) < 4.78 is 5.12. The average Bonchev–Trinajstić information content (AvgIpc) is 3.02. The monoisotopic (exact) mass is 321 g/mol. The van der Waals surface area contributed by atoms with Crippen LogP contribution in [0.1, 0.15) is 11.3 Å². The molecule has 0 radical (unpaired) electrons. The molecule has 0 bridgehead atoms. The second kappa shape index (κ2) is 7.00. The zero-order chi connectivity index (χ0) is 16.9. The number of aryl methyl sites for hydroxylation is 1. The molecule has 2 N–H and O–H groups in total. The number of ether oxygens (including phenoxy) is 1. The minimum Gasteiger partial charge on any atom is -0.497 e. The lowest BCUT2D eigenvalue weighted by Crippen LogP contribution is -2.14. The summed E-state index contributed by atoms with van der Waals surface area (Å²) >= 11 is 0. The molecule has 5 heteroatoms. The van der Waals surface area contributed by atoms with Gasteiger partial charge in [0.1, 0.15) is 5.75 Å². The molecular formula is C19H19N3O2. The molecule has 5 nitrogen and oxygen atoms in total. The molecule has 3 aromatic rings. The van der Waals surface area contributed by atoms with E-state index in [4.69, 9.17) is 4.74 Å². The van der Waals surface area contributed by atoms with Gasteiger partial charge in [-0.1, -0.05) is 24.3 Å². The molecule has 0 aliphatic rings. The van der Waals surface area contributed by atoms with Crippen LogP contribution in [0.15, 0.2) is 54.6 Å². The SMILES string of the molecule is COc1ccc(CC(=O)Nc2cccc(-c3cc(C)[nH]n3)c2)cc1. The standard InChI is InChI=1S/C19H19N3O2/c1-13-10-18(22-21-13)15-4-3-5-16(12-15)20-19(23)11-14-6-8-17(24-2)9-7-14/h3-10,12H,11H2,1-2H3,(H,20,23)(H,21,22). The number of aromatic amines is 1. The molecule has 3 rings (SSSR count). The predicted molar refractivity (Wildman–Crippen MR) is 94.1 cm³/mol. The van der Waals surface area contributed by atoms with Crippen molar-refractivity contribution in [2.75, 3.05) is 12.4 Å². The maximum atomic E-state index is 12.2. The highest BCUT2D eigenvalue weighted by molar-refractivity contribution is 5.92. The largest absolute Gasteiger partial charge is 0.497 e. The second-order valence-corrected chi connectivity index (χ2v) is 5.59. The van der Waals surface area contributed by atoms with Gasteiger partial charge in [-0.05, 0) is 42.8 Å². The van der Waals surface area contributed by atoms with Crippen LogP contribution in [0, 0.1) is 6.92 Å². The zero-order valence-electron chi connectivity index (χ0n) is 13.7. The molecule has 1 amide bonds. The maximum absolute atomic E-state index is 12.2. The summed E-state index contributed by atoms with van der Waals surface area (Å²) in [4.78, 5) is 12.2. The van der Waals surface area contributed by atoms with Gasteiger partial charge in [0.2, 0.25) is 5.91 Å². The molecule has 0 atom stereocenters. The van der Waals surface area contributed by atoms with Gasteiger partial charge < -0.3 is 10.1 Å². The molecule has 0 saturated carbocycles. The fourth-order valence-electron chi connectivity index (χ4n) is 2.46. The Morgan fingerprint density at radius 1 is 1.17 bits per heavy atom. The second-order valence-electron chi connectivity index (χ2n) is 5.59. The van der Waals surface area contributed by atoms with Crippen molar-refractivity contribution in [1.82, 2.24) is 10.2 Å². The van der Waals surface area contributed by atoms with Crippen molar-refractivity contribution in [3.63, 3.8) is 0 Å². The third kappa shape index (κ3) is 3.81. The van der Waals surface area contributed by atoms with E-state index in [0.717, 1.165) is 34.0 Å². The number of hydrogen-bond donors (Lipinski definition) is 2. The molecule has 1 heterocycles. The van der Waals surface area contributed by atoms with Crippen molar-refractivity contribution in [2.45, 2.75) is 13.3 Å². The third-order valence-corrected chi connectivity index (χ3v) is 3.67. The summed E-state index contributed by atoms with van der Waals surface area (Å²) in [6.45, 7) is 1.96. The average molecular weight is 321 g/mol. The molecule has 0 spiro atoms. The minimum atomic E-state index is -0.0597. The number of nitrogens with one attached hydrogen (secondary N) is 2. The number of nitrogens with zero attached hydrogens (tertiary/aromatic N) is 1. The highest BCUT2D eigenvalue weighted by Crippen LogP contribution is 2.21. The number of aromatic nitrogens is 2. The lowest BCUT2D eigenvalue weighted by atomic mass is 10.1. The van der Waals surface area contributed by atoms with Gasteiger partial charge in [-0.2, -0.15) is 5.10 Å². The van der Waals surface area contributed by atoms with Gasteiger partial charge in [-0.25, -0.2) is 0 Å². The molecule has 1 aromatic heterocycles. The van der Waals surface area contributed by atoms with E-state index in [1.54, 1.807) is 7.11 Å².